The zero-order valence-electron chi connectivity index (χ0n) is 19.4. The van der Waals surface area contributed by atoms with Crippen molar-refractivity contribution in [3.63, 3.8) is 0 Å². The van der Waals surface area contributed by atoms with Crippen LogP contribution in [0.15, 0.2) is 47.4 Å². The molecule has 2 fully saturated rings. The first-order valence-electron chi connectivity index (χ1n) is 11.8. The molecule has 0 unspecified atom stereocenters. The van der Waals surface area contributed by atoms with Gasteiger partial charge in [0.1, 0.15) is 15.7 Å². The first kappa shape index (κ1) is 23.3. The largest absolute Gasteiger partial charge is 0.495 e. The van der Waals surface area contributed by atoms with Crippen LogP contribution in [-0.2, 0) is 10.0 Å². The number of fused-ring (bicyclic) bond motifs is 1. The molecule has 5 rings (SSSR count). The third-order valence-electron chi connectivity index (χ3n) is 6.85. The third kappa shape index (κ3) is 4.10. The molecule has 7 nitrogen and oxygen atoms in total. The highest BCUT2D eigenvalue weighted by atomic mass is 32.2. The van der Waals surface area contributed by atoms with E-state index in [-0.39, 0.29) is 28.6 Å². The Morgan fingerprint density at radius 2 is 1.91 bits per heavy atom. The molecular formula is C25H29N3O4S2. The van der Waals surface area contributed by atoms with Crippen molar-refractivity contribution in [2.24, 2.45) is 0 Å². The monoisotopic (exact) mass is 499 g/mol. The Hall–Kier alpha value is -2.49. The summed E-state index contributed by atoms with van der Waals surface area (Å²) >= 11 is 1.62. The number of nitrogens with zero attached hydrogens (tertiary/aromatic N) is 3. The first-order chi connectivity index (χ1) is 16.4. The van der Waals surface area contributed by atoms with E-state index in [1.54, 1.807) is 27.8 Å². The van der Waals surface area contributed by atoms with Gasteiger partial charge in [0.05, 0.1) is 23.4 Å². The second-order valence-electron chi connectivity index (χ2n) is 9.00. The summed E-state index contributed by atoms with van der Waals surface area (Å²) < 4.78 is 35.2. The zero-order valence-corrected chi connectivity index (χ0v) is 21.1. The molecule has 0 bridgehead atoms. The minimum absolute atomic E-state index is 0.0605. The van der Waals surface area contributed by atoms with Gasteiger partial charge >= 0.3 is 0 Å². The third-order valence-corrected chi connectivity index (χ3v) is 10.0. The summed E-state index contributed by atoms with van der Waals surface area (Å²) in [6, 6.07) is 12.5. The molecule has 2 atom stereocenters. The lowest BCUT2D eigenvalue weighted by Crippen LogP contribution is -2.42. The zero-order chi connectivity index (χ0) is 23.9. The molecule has 2 aliphatic rings. The number of ether oxygens (including phenoxy) is 1. The van der Waals surface area contributed by atoms with Crippen LogP contribution in [0.4, 0.5) is 0 Å². The fraction of sp³-hybridized carbons (Fsp3) is 0.440. The van der Waals surface area contributed by atoms with Crippen LogP contribution in [0.2, 0.25) is 0 Å². The quantitative estimate of drug-likeness (QED) is 0.502. The molecule has 0 radical (unpaired) electrons. The van der Waals surface area contributed by atoms with Gasteiger partial charge in [-0.15, -0.1) is 11.3 Å². The number of sulfonamides is 1. The van der Waals surface area contributed by atoms with E-state index < -0.39 is 10.0 Å². The maximum atomic E-state index is 13.6. The molecule has 2 saturated heterocycles. The highest BCUT2D eigenvalue weighted by Crippen LogP contribution is 2.38. The molecule has 1 aromatic heterocycles. The molecule has 2 aliphatic heterocycles. The molecule has 180 valence electrons. The number of benzene rings is 2. The Labute approximate surface area is 204 Å². The number of carbonyl (C=O) groups is 1. The van der Waals surface area contributed by atoms with Crippen molar-refractivity contribution in [3.8, 4) is 5.75 Å². The second kappa shape index (κ2) is 9.28. The number of aromatic nitrogens is 1. The molecule has 0 N–H and O–H groups in total. The minimum Gasteiger partial charge on any atom is -0.495 e. The summed E-state index contributed by atoms with van der Waals surface area (Å²) in [5.74, 6) is 0.0889. The van der Waals surface area contributed by atoms with Crippen LogP contribution >= 0.6 is 11.3 Å². The number of methoxy groups -OCH3 is 1. The number of rotatable bonds is 5. The van der Waals surface area contributed by atoms with Gasteiger partial charge in [-0.1, -0.05) is 18.6 Å². The predicted octanol–water partition coefficient (Wildman–Crippen LogP) is 4.85. The van der Waals surface area contributed by atoms with E-state index in [1.165, 1.54) is 13.2 Å². The molecule has 3 heterocycles. The summed E-state index contributed by atoms with van der Waals surface area (Å²) in [6.07, 6.45) is 4.42. The van der Waals surface area contributed by atoms with Gasteiger partial charge in [-0.3, -0.25) is 4.79 Å². The fourth-order valence-electron chi connectivity index (χ4n) is 5.03. The molecule has 34 heavy (non-hydrogen) atoms. The normalized spacial score (nSPS) is 21.8. The second-order valence-corrected chi connectivity index (χ2v) is 11.9. The molecule has 2 aromatic carbocycles. The molecule has 1 amide bonds. The number of likely N-dealkylation sites (tertiary alicyclic amines) is 1. The lowest BCUT2D eigenvalue weighted by Gasteiger charge is -2.32. The number of piperidine rings is 1. The topological polar surface area (TPSA) is 79.8 Å². The summed E-state index contributed by atoms with van der Waals surface area (Å²) in [5, 5.41) is 0.926. The smallest absolute Gasteiger partial charge is 0.254 e. The molecule has 0 spiro atoms. The Bertz CT molecular complexity index is 1290. The highest BCUT2D eigenvalue weighted by Gasteiger charge is 2.36. The summed E-state index contributed by atoms with van der Waals surface area (Å²) in [6.45, 7) is 3.04. The van der Waals surface area contributed by atoms with Crippen molar-refractivity contribution in [2.75, 3.05) is 20.2 Å². The maximum absolute atomic E-state index is 13.6. The van der Waals surface area contributed by atoms with Crippen LogP contribution in [0.1, 0.15) is 60.4 Å². The average Bonchev–Trinajstić information content (AvgIpc) is 3.50. The van der Waals surface area contributed by atoms with E-state index in [4.69, 9.17) is 9.72 Å². The van der Waals surface area contributed by atoms with Gasteiger partial charge < -0.3 is 9.64 Å². The Morgan fingerprint density at radius 3 is 2.68 bits per heavy atom. The van der Waals surface area contributed by atoms with Gasteiger partial charge in [0.2, 0.25) is 10.0 Å². The molecular weight excluding hydrogens is 470 g/mol. The van der Waals surface area contributed by atoms with Crippen LogP contribution in [-0.4, -0.2) is 54.8 Å². The minimum atomic E-state index is -3.79. The van der Waals surface area contributed by atoms with E-state index in [0.29, 0.717) is 18.7 Å². The van der Waals surface area contributed by atoms with Crippen LogP contribution in [0.25, 0.3) is 10.2 Å². The van der Waals surface area contributed by atoms with E-state index in [0.717, 1.165) is 47.3 Å². The first-order valence-corrected chi connectivity index (χ1v) is 14.0. The van der Waals surface area contributed by atoms with Gasteiger partial charge in [0, 0.05) is 24.7 Å². The van der Waals surface area contributed by atoms with E-state index >= 15 is 0 Å². The Morgan fingerprint density at radius 1 is 1.09 bits per heavy atom. The predicted molar refractivity (Wildman–Crippen MR) is 133 cm³/mol. The molecule has 0 aliphatic carbocycles. The Kier molecular flexibility index (Phi) is 6.35. The summed E-state index contributed by atoms with van der Waals surface area (Å²) in [5.41, 5.74) is 1.30. The average molecular weight is 500 g/mol. The van der Waals surface area contributed by atoms with Gasteiger partial charge in [0.25, 0.3) is 5.91 Å². The molecule has 0 saturated carbocycles. The number of hydrogen-bond donors (Lipinski definition) is 0. The van der Waals surface area contributed by atoms with Crippen LogP contribution in [0.3, 0.4) is 0 Å². The SMILES string of the molecule is COc1ccc(C(=O)N2CCC[C@@H]2c2nc3ccccc3s2)cc1S(=O)(=O)N1CCCC[C@H]1C. The van der Waals surface area contributed by atoms with Crippen LogP contribution < -0.4 is 4.74 Å². The van der Waals surface area contributed by atoms with Crippen molar-refractivity contribution in [1.29, 1.82) is 0 Å². The van der Waals surface area contributed by atoms with Gasteiger partial charge in [-0.05, 0) is 62.9 Å². The number of para-hydroxylation sites is 1. The number of hydrogen-bond acceptors (Lipinski definition) is 6. The fourth-order valence-corrected chi connectivity index (χ4v) is 8.03. The summed E-state index contributed by atoms with van der Waals surface area (Å²) in [4.78, 5) is 20.3. The van der Waals surface area contributed by atoms with Crippen molar-refractivity contribution >= 4 is 37.5 Å². The van der Waals surface area contributed by atoms with E-state index in [2.05, 4.69) is 0 Å². The molecule has 9 heteroatoms. The highest BCUT2D eigenvalue weighted by molar-refractivity contribution is 7.89. The lowest BCUT2D eigenvalue weighted by atomic mass is 10.1. The molecule has 3 aromatic rings. The van der Waals surface area contributed by atoms with Gasteiger partial charge in [-0.2, -0.15) is 4.31 Å². The Balaban J connectivity index is 1.48. The van der Waals surface area contributed by atoms with Crippen LogP contribution in [0, 0.1) is 0 Å². The van der Waals surface area contributed by atoms with Crippen molar-refractivity contribution in [3.05, 3.63) is 53.0 Å². The van der Waals surface area contributed by atoms with E-state index in [9.17, 15) is 13.2 Å². The van der Waals surface area contributed by atoms with E-state index in [1.807, 2.05) is 36.1 Å². The number of amides is 1. The van der Waals surface area contributed by atoms with Crippen LogP contribution in [0.5, 0.6) is 5.75 Å². The van der Waals surface area contributed by atoms with Gasteiger partial charge in [-0.25, -0.2) is 13.4 Å². The lowest BCUT2D eigenvalue weighted by molar-refractivity contribution is 0.0735. The van der Waals surface area contributed by atoms with Crippen molar-refractivity contribution in [1.82, 2.24) is 14.2 Å². The summed E-state index contributed by atoms with van der Waals surface area (Å²) in [7, 11) is -2.33. The standard InChI is InChI=1S/C25H29N3O4S2/c1-17-8-5-6-15-28(17)34(30,31)23-16-18(12-13-21(23)32-2)25(29)27-14-7-10-20(27)24-26-19-9-3-4-11-22(19)33-24/h3-4,9,11-13,16-17,20H,5-8,10,14-15H2,1-2H3/t17-,20-/m1/s1. The number of carbonyl (C=O) groups excluding carboxylic acids is 1. The van der Waals surface area contributed by atoms with Crippen molar-refractivity contribution in [2.45, 2.75) is 56.0 Å². The van der Waals surface area contributed by atoms with Crippen molar-refractivity contribution < 1.29 is 17.9 Å². The van der Waals surface area contributed by atoms with Gasteiger partial charge in [0.15, 0.2) is 0 Å². The maximum Gasteiger partial charge on any atom is 0.254 e. The number of thiazole rings is 1.